The highest BCUT2D eigenvalue weighted by atomic mass is 16.5. The minimum absolute atomic E-state index is 0.117. The molecule has 0 radical (unpaired) electrons. The molecule has 2 aliphatic carbocycles. The van der Waals surface area contributed by atoms with Gasteiger partial charge in [0.1, 0.15) is 5.41 Å². The Balaban J connectivity index is 1.91. The molecule has 21 heavy (non-hydrogen) atoms. The van der Waals surface area contributed by atoms with E-state index in [1.807, 2.05) is 0 Å². The van der Waals surface area contributed by atoms with Crippen molar-refractivity contribution in [1.82, 2.24) is 10.2 Å². The van der Waals surface area contributed by atoms with Crippen LogP contribution in [0.1, 0.15) is 51.4 Å². The Morgan fingerprint density at radius 1 is 1.10 bits per heavy atom. The van der Waals surface area contributed by atoms with Crippen molar-refractivity contribution in [3.8, 4) is 0 Å². The summed E-state index contributed by atoms with van der Waals surface area (Å²) < 4.78 is 5.42. The molecule has 116 valence electrons. The summed E-state index contributed by atoms with van der Waals surface area (Å²) in [5, 5.41) is 2.41. The van der Waals surface area contributed by atoms with Gasteiger partial charge in [-0.2, -0.15) is 0 Å². The Morgan fingerprint density at radius 3 is 2.48 bits per heavy atom. The Labute approximate surface area is 124 Å². The van der Waals surface area contributed by atoms with E-state index in [0.29, 0.717) is 12.8 Å². The standard InChI is InChI=1S/C15H22N2O4/c1-21-11-7-5-6-10(11)17-13(19)15(8-3-2-4-9-15)12(18)16-14(17)20/h10-11H,2-9H2,1H3,(H,16,18,20). The number of urea groups is 1. The van der Waals surface area contributed by atoms with Gasteiger partial charge in [-0.05, 0) is 32.1 Å². The molecule has 2 saturated carbocycles. The first kappa shape index (κ1) is 14.5. The summed E-state index contributed by atoms with van der Waals surface area (Å²) in [7, 11) is 1.61. The van der Waals surface area contributed by atoms with Gasteiger partial charge in [-0.15, -0.1) is 0 Å². The number of methoxy groups -OCH3 is 1. The van der Waals surface area contributed by atoms with Gasteiger partial charge in [0.15, 0.2) is 0 Å². The molecule has 6 nitrogen and oxygen atoms in total. The summed E-state index contributed by atoms with van der Waals surface area (Å²) in [6.07, 6.45) is 6.27. The van der Waals surface area contributed by atoms with Gasteiger partial charge in [-0.3, -0.25) is 19.8 Å². The Kier molecular flexibility index (Phi) is 3.73. The largest absolute Gasteiger partial charge is 0.379 e. The van der Waals surface area contributed by atoms with Crippen LogP contribution in [-0.4, -0.2) is 42.0 Å². The number of hydrogen-bond acceptors (Lipinski definition) is 4. The van der Waals surface area contributed by atoms with Crippen molar-refractivity contribution < 1.29 is 19.1 Å². The van der Waals surface area contributed by atoms with Crippen LogP contribution < -0.4 is 5.32 Å². The molecule has 3 rings (SSSR count). The molecule has 3 fully saturated rings. The van der Waals surface area contributed by atoms with Gasteiger partial charge in [0.25, 0.3) is 0 Å². The van der Waals surface area contributed by atoms with Gasteiger partial charge in [-0.25, -0.2) is 4.79 Å². The maximum absolute atomic E-state index is 13.0. The average Bonchev–Trinajstić information content (AvgIpc) is 2.95. The first-order valence-corrected chi connectivity index (χ1v) is 7.82. The molecule has 1 heterocycles. The number of hydrogen-bond donors (Lipinski definition) is 1. The number of rotatable bonds is 2. The minimum Gasteiger partial charge on any atom is -0.379 e. The van der Waals surface area contributed by atoms with Crippen molar-refractivity contribution in [2.75, 3.05) is 7.11 Å². The van der Waals surface area contributed by atoms with Crippen LogP contribution in [0, 0.1) is 5.41 Å². The van der Waals surface area contributed by atoms with Gasteiger partial charge in [0.05, 0.1) is 12.1 Å². The van der Waals surface area contributed by atoms with Crippen molar-refractivity contribution in [3.63, 3.8) is 0 Å². The van der Waals surface area contributed by atoms with E-state index in [9.17, 15) is 14.4 Å². The van der Waals surface area contributed by atoms with Crippen LogP contribution in [0.5, 0.6) is 0 Å². The first-order valence-electron chi connectivity index (χ1n) is 7.82. The van der Waals surface area contributed by atoms with E-state index in [0.717, 1.165) is 38.5 Å². The number of carbonyl (C=O) groups excluding carboxylic acids is 3. The Morgan fingerprint density at radius 2 is 1.81 bits per heavy atom. The number of nitrogens with zero attached hydrogens (tertiary/aromatic N) is 1. The van der Waals surface area contributed by atoms with Crippen LogP contribution >= 0.6 is 0 Å². The number of nitrogens with one attached hydrogen (secondary N) is 1. The average molecular weight is 294 g/mol. The SMILES string of the molecule is COC1CCCC1N1C(=O)NC(=O)C2(CCCCC2)C1=O. The normalized spacial score (nSPS) is 32.6. The molecular weight excluding hydrogens is 272 g/mol. The van der Waals surface area contributed by atoms with Gasteiger partial charge >= 0.3 is 6.03 Å². The van der Waals surface area contributed by atoms with E-state index >= 15 is 0 Å². The maximum atomic E-state index is 13.0. The van der Waals surface area contributed by atoms with Crippen molar-refractivity contribution in [2.45, 2.75) is 63.5 Å². The molecular formula is C15H22N2O4. The molecule has 2 unspecified atom stereocenters. The molecule has 1 N–H and O–H groups in total. The van der Waals surface area contributed by atoms with Crippen molar-refractivity contribution in [1.29, 1.82) is 0 Å². The van der Waals surface area contributed by atoms with Crippen molar-refractivity contribution >= 4 is 17.8 Å². The number of ether oxygens (including phenoxy) is 1. The summed E-state index contributed by atoms with van der Waals surface area (Å²) in [4.78, 5) is 38.7. The van der Waals surface area contributed by atoms with Crippen molar-refractivity contribution in [3.05, 3.63) is 0 Å². The van der Waals surface area contributed by atoms with Gasteiger partial charge < -0.3 is 4.74 Å². The predicted octanol–water partition coefficient (Wildman–Crippen LogP) is 1.58. The van der Waals surface area contributed by atoms with E-state index < -0.39 is 17.4 Å². The predicted molar refractivity (Wildman–Crippen MR) is 74.3 cm³/mol. The lowest BCUT2D eigenvalue weighted by atomic mass is 9.71. The number of imide groups is 2. The van der Waals surface area contributed by atoms with E-state index in [-0.39, 0.29) is 18.1 Å². The second kappa shape index (κ2) is 5.40. The molecule has 0 bridgehead atoms. The third-order valence-corrected chi connectivity index (χ3v) is 5.26. The molecule has 1 saturated heterocycles. The minimum atomic E-state index is -1.02. The zero-order valence-corrected chi connectivity index (χ0v) is 12.4. The van der Waals surface area contributed by atoms with Crippen LogP contribution in [0.3, 0.4) is 0 Å². The smallest absolute Gasteiger partial charge is 0.331 e. The van der Waals surface area contributed by atoms with E-state index in [1.54, 1.807) is 7.11 Å². The Bertz CT molecular complexity index is 470. The summed E-state index contributed by atoms with van der Waals surface area (Å²) in [6, 6.07) is -0.815. The summed E-state index contributed by atoms with van der Waals surface area (Å²) in [5.41, 5.74) is -1.02. The molecule has 1 aliphatic heterocycles. The number of amides is 4. The second-order valence-corrected chi connectivity index (χ2v) is 6.35. The van der Waals surface area contributed by atoms with E-state index in [1.165, 1.54) is 4.90 Å². The fourth-order valence-corrected chi connectivity index (χ4v) is 4.07. The molecule has 1 spiro atoms. The molecule has 0 aromatic rings. The zero-order chi connectivity index (χ0) is 15.0. The molecule has 2 atom stereocenters. The molecule has 3 aliphatic rings. The number of carbonyl (C=O) groups is 3. The highest BCUT2D eigenvalue weighted by Crippen LogP contribution is 2.42. The van der Waals surface area contributed by atoms with Crippen LogP contribution in [-0.2, 0) is 14.3 Å². The van der Waals surface area contributed by atoms with E-state index in [4.69, 9.17) is 4.74 Å². The van der Waals surface area contributed by atoms with Gasteiger partial charge in [0, 0.05) is 7.11 Å². The fourth-order valence-electron chi connectivity index (χ4n) is 4.07. The molecule has 6 heteroatoms. The van der Waals surface area contributed by atoms with Crippen LogP contribution in [0.25, 0.3) is 0 Å². The zero-order valence-electron chi connectivity index (χ0n) is 12.4. The third kappa shape index (κ3) is 2.16. The van der Waals surface area contributed by atoms with Gasteiger partial charge in [0.2, 0.25) is 11.8 Å². The van der Waals surface area contributed by atoms with Crippen LogP contribution in [0.2, 0.25) is 0 Å². The van der Waals surface area contributed by atoms with E-state index in [2.05, 4.69) is 5.32 Å². The second-order valence-electron chi connectivity index (χ2n) is 6.35. The van der Waals surface area contributed by atoms with Gasteiger partial charge in [-0.1, -0.05) is 19.3 Å². The maximum Gasteiger partial charge on any atom is 0.331 e. The van der Waals surface area contributed by atoms with Crippen molar-refractivity contribution in [2.24, 2.45) is 5.41 Å². The van der Waals surface area contributed by atoms with Crippen LogP contribution in [0.4, 0.5) is 4.79 Å². The quantitative estimate of drug-likeness (QED) is 0.785. The first-order chi connectivity index (χ1) is 10.1. The lowest BCUT2D eigenvalue weighted by Gasteiger charge is -2.44. The fraction of sp³-hybridized carbons (Fsp3) is 0.800. The number of barbiturate groups is 1. The summed E-state index contributed by atoms with van der Waals surface area (Å²) in [6.45, 7) is 0. The highest BCUT2D eigenvalue weighted by Gasteiger charge is 2.56. The molecule has 4 amide bonds. The lowest BCUT2D eigenvalue weighted by Crippen LogP contribution is -2.67. The topological polar surface area (TPSA) is 75.7 Å². The summed E-state index contributed by atoms with van der Waals surface area (Å²) in [5.74, 6) is -0.703. The monoisotopic (exact) mass is 294 g/mol. The molecule has 0 aromatic carbocycles. The molecule has 0 aromatic heterocycles. The lowest BCUT2D eigenvalue weighted by molar-refractivity contribution is -0.156. The summed E-state index contributed by atoms with van der Waals surface area (Å²) >= 11 is 0. The van der Waals surface area contributed by atoms with Crippen LogP contribution in [0.15, 0.2) is 0 Å². The highest BCUT2D eigenvalue weighted by molar-refractivity contribution is 6.19. The Hall–Kier alpha value is -1.43. The third-order valence-electron chi connectivity index (χ3n) is 5.26.